The molecule has 6 heteroatoms. The maximum atomic E-state index is 12.4. The van der Waals surface area contributed by atoms with E-state index in [0.29, 0.717) is 0 Å². The topological polar surface area (TPSA) is 80.5 Å². The Hall–Kier alpha value is -1.56. The zero-order chi connectivity index (χ0) is 12.9. The van der Waals surface area contributed by atoms with Gasteiger partial charge in [0.05, 0.1) is 5.56 Å². The fraction of sp³-hybridized carbons (Fsp3) is 0.417. The van der Waals surface area contributed by atoms with Crippen molar-refractivity contribution in [1.29, 1.82) is 0 Å². The van der Waals surface area contributed by atoms with Crippen LogP contribution in [0.2, 0.25) is 0 Å². The lowest BCUT2D eigenvalue weighted by Gasteiger charge is -2.22. The van der Waals surface area contributed by atoms with Gasteiger partial charge in [0.1, 0.15) is 4.90 Å². The van der Waals surface area contributed by atoms with Gasteiger partial charge in [-0.3, -0.25) is 4.79 Å². The number of rotatable bonds is 1. The summed E-state index contributed by atoms with van der Waals surface area (Å²) in [5.41, 5.74) is 6.11. The summed E-state index contributed by atoms with van der Waals surface area (Å²) in [6, 6.07) is 4.38. The molecule has 1 heterocycles. The van der Waals surface area contributed by atoms with Crippen molar-refractivity contribution in [2.24, 2.45) is 0 Å². The average Bonchev–Trinajstić information content (AvgIpc) is 2.87. The molecule has 0 radical (unpaired) electrons. The second kappa shape index (κ2) is 3.71. The van der Waals surface area contributed by atoms with Gasteiger partial charge in [0.25, 0.3) is 15.9 Å². The number of anilines is 1. The summed E-state index contributed by atoms with van der Waals surface area (Å²) in [4.78, 5) is 12.3. The van der Waals surface area contributed by atoms with Gasteiger partial charge in [0.2, 0.25) is 0 Å². The number of sulfonamides is 1. The van der Waals surface area contributed by atoms with E-state index in [9.17, 15) is 13.2 Å². The van der Waals surface area contributed by atoms with Gasteiger partial charge in [-0.2, -0.15) is 0 Å². The van der Waals surface area contributed by atoms with Crippen LogP contribution in [0.3, 0.4) is 0 Å². The first-order valence-corrected chi connectivity index (χ1v) is 7.45. The highest BCUT2D eigenvalue weighted by molar-refractivity contribution is 7.90. The summed E-state index contributed by atoms with van der Waals surface area (Å²) >= 11 is 0. The highest BCUT2D eigenvalue weighted by atomic mass is 32.2. The number of nitrogens with two attached hydrogens (primary N) is 1. The van der Waals surface area contributed by atoms with E-state index < -0.39 is 15.9 Å². The van der Waals surface area contributed by atoms with Gasteiger partial charge in [-0.1, -0.05) is 18.9 Å². The molecular weight excluding hydrogens is 252 g/mol. The largest absolute Gasteiger partial charge is 0.398 e. The molecule has 1 aliphatic heterocycles. The predicted octanol–water partition coefficient (Wildman–Crippen LogP) is 1.36. The molecule has 5 nitrogen and oxygen atoms in total. The Bertz CT molecular complexity index is 618. The molecule has 2 N–H and O–H groups in total. The maximum Gasteiger partial charge on any atom is 0.271 e. The second-order valence-electron chi connectivity index (χ2n) is 4.76. The molecule has 1 aromatic rings. The van der Waals surface area contributed by atoms with Crippen LogP contribution in [0.4, 0.5) is 5.69 Å². The third-order valence-electron chi connectivity index (χ3n) is 3.67. The number of amides is 1. The Morgan fingerprint density at radius 1 is 1.22 bits per heavy atom. The molecule has 3 rings (SSSR count). The Morgan fingerprint density at radius 3 is 2.50 bits per heavy atom. The summed E-state index contributed by atoms with van der Waals surface area (Å²) < 4.78 is 25.8. The number of benzene rings is 1. The molecule has 0 unspecified atom stereocenters. The molecule has 0 spiro atoms. The highest BCUT2D eigenvalue weighted by Crippen LogP contribution is 2.38. The number of hydrogen-bond donors (Lipinski definition) is 1. The third kappa shape index (κ3) is 1.38. The van der Waals surface area contributed by atoms with Crippen LogP contribution in [0.5, 0.6) is 0 Å². The Kier molecular flexibility index (Phi) is 2.38. The number of fused-ring (bicyclic) bond motifs is 1. The van der Waals surface area contributed by atoms with Crippen molar-refractivity contribution in [3.05, 3.63) is 23.8 Å². The van der Waals surface area contributed by atoms with Crippen LogP contribution >= 0.6 is 0 Å². The van der Waals surface area contributed by atoms with Gasteiger partial charge >= 0.3 is 0 Å². The van der Waals surface area contributed by atoms with Crippen molar-refractivity contribution < 1.29 is 13.2 Å². The van der Waals surface area contributed by atoms with Crippen molar-refractivity contribution in [3.63, 3.8) is 0 Å². The summed E-state index contributed by atoms with van der Waals surface area (Å²) in [7, 11) is -3.70. The molecule has 0 aromatic heterocycles. The van der Waals surface area contributed by atoms with E-state index in [1.807, 2.05) is 0 Å². The van der Waals surface area contributed by atoms with Crippen molar-refractivity contribution in [3.8, 4) is 0 Å². The monoisotopic (exact) mass is 266 g/mol. The van der Waals surface area contributed by atoms with Crippen LogP contribution in [0.15, 0.2) is 23.1 Å². The smallest absolute Gasteiger partial charge is 0.271 e. The molecule has 1 aliphatic carbocycles. The molecule has 96 valence electrons. The molecule has 1 aromatic carbocycles. The van der Waals surface area contributed by atoms with E-state index in [1.54, 1.807) is 12.1 Å². The van der Waals surface area contributed by atoms with E-state index in [4.69, 9.17) is 5.73 Å². The normalized spacial score (nSPS) is 22.4. The summed E-state index contributed by atoms with van der Waals surface area (Å²) in [5.74, 6) is -0.463. The molecule has 0 saturated heterocycles. The molecule has 0 atom stereocenters. The molecule has 1 fully saturated rings. The molecule has 0 bridgehead atoms. The molecular formula is C12H14N2O3S. The lowest BCUT2D eigenvalue weighted by atomic mass is 10.1. The average molecular weight is 266 g/mol. The third-order valence-corrected chi connectivity index (χ3v) is 5.54. The lowest BCUT2D eigenvalue weighted by Crippen LogP contribution is -2.38. The van der Waals surface area contributed by atoms with E-state index >= 15 is 0 Å². The Balaban J connectivity index is 2.17. The van der Waals surface area contributed by atoms with Crippen molar-refractivity contribution in [2.75, 3.05) is 5.73 Å². The second-order valence-corrected chi connectivity index (χ2v) is 6.55. The summed E-state index contributed by atoms with van der Waals surface area (Å²) in [6.45, 7) is 0. The Labute approximate surface area is 106 Å². The van der Waals surface area contributed by atoms with Crippen molar-refractivity contribution in [1.82, 2.24) is 4.31 Å². The van der Waals surface area contributed by atoms with Gasteiger partial charge < -0.3 is 5.73 Å². The first kappa shape index (κ1) is 11.5. The quantitative estimate of drug-likeness (QED) is 0.778. The van der Waals surface area contributed by atoms with E-state index in [1.165, 1.54) is 6.07 Å². The van der Waals surface area contributed by atoms with Crippen LogP contribution in [0.25, 0.3) is 0 Å². The number of carbonyl (C=O) groups is 1. The van der Waals surface area contributed by atoms with Gasteiger partial charge in [0.15, 0.2) is 0 Å². The van der Waals surface area contributed by atoms with Crippen LogP contribution in [-0.2, 0) is 10.0 Å². The fourth-order valence-corrected chi connectivity index (χ4v) is 4.66. The van der Waals surface area contributed by atoms with Crippen LogP contribution < -0.4 is 5.73 Å². The number of nitrogens with zero attached hydrogens (tertiary/aromatic N) is 1. The lowest BCUT2D eigenvalue weighted by molar-refractivity contribution is 0.0835. The zero-order valence-corrected chi connectivity index (χ0v) is 10.6. The van der Waals surface area contributed by atoms with E-state index in [2.05, 4.69) is 0 Å². The minimum absolute atomic E-state index is 0.0550. The van der Waals surface area contributed by atoms with Gasteiger partial charge in [0, 0.05) is 11.7 Å². The van der Waals surface area contributed by atoms with E-state index in [-0.39, 0.29) is 22.2 Å². The summed E-state index contributed by atoms with van der Waals surface area (Å²) in [5, 5.41) is 0. The predicted molar refractivity (Wildman–Crippen MR) is 66.5 cm³/mol. The minimum atomic E-state index is -3.70. The first-order valence-electron chi connectivity index (χ1n) is 6.01. The standard InChI is InChI=1S/C12H14N2O3S/c13-9-6-3-7-10-11(9)12(15)14(18(10,16)17)8-4-1-2-5-8/h3,6-8H,1-2,4-5,13H2. The minimum Gasteiger partial charge on any atom is -0.398 e. The van der Waals surface area contributed by atoms with E-state index in [0.717, 1.165) is 30.0 Å². The van der Waals surface area contributed by atoms with Crippen molar-refractivity contribution in [2.45, 2.75) is 36.6 Å². The van der Waals surface area contributed by atoms with Crippen molar-refractivity contribution >= 4 is 21.6 Å². The number of nitrogen functional groups attached to an aromatic ring is 1. The van der Waals surface area contributed by atoms with Gasteiger partial charge in [-0.15, -0.1) is 0 Å². The SMILES string of the molecule is Nc1cccc2c1C(=O)N(C1CCCC1)S2(=O)=O. The fourth-order valence-electron chi connectivity index (χ4n) is 2.82. The molecule has 2 aliphatic rings. The first-order chi connectivity index (χ1) is 8.53. The highest BCUT2D eigenvalue weighted by Gasteiger charge is 2.46. The van der Waals surface area contributed by atoms with Crippen LogP contribution in [-0.4, -0.2) is 24.7 Å². The summed E-state index contributed by atoms with van der Waals surface area (Å²) in [6.07, 6.45) is 3.43. The molecule has 18 heavy (non-hydrogen) atoms. The molecule has 1 amide bonds. The Morgan fingerprint density at radius 2 is 1.89 bits per heavy atom. The molecule has 1 saturated carbocycles. The van der Waals surface area contributed by atoms with Crippen LogP contribution in [0.1, 0.15) is 36.0 Å². The van der Waals surface area contributed by atoms with Crippen LogP contribution in [0, 0.1) is 0 Å². The number of carbonyl (C=O) groups excluding carboxylic acids is 1. The van der Waals surface area contributed by atoms with Gasteiger partial charge in [-0.25, -0.2) is 12.7 Å². The zero-order valence-electron chi connectivity index (χ0n) is 9.80. The van der Waals surface area contributed by atoms with Gasteiger partial charge in [-0.05, 0) is 25.0 Å². The number of hydrogen-bond acceptors (Lipinski definition) is 4. The maximum absolute atomic E-state index is 12.4.